The molecular formula is C22H23BrN6O2S. The van der Waals surface area contributed by atoms with Crippen LogP contribution in [0.5, 0.6) is 0 Å². The molecule has 2 heterocycles. The summed E-state index contributed by atoms with van der Waals surface area (Å²) in [6.45, 7) is 2.85. The number of piperazine rings is 1. The lowest BCUT2D eigenvalue weighted by atomic mass is 10.1. The Morgan fingerprint density at radius 3 is 2.44 bits per heavy atom. The highest BCUT2D eigenvalue weighted by Gasteiger charge is 2.23. The van der Waals surface area contributed by atoms with Gasteiger partial charge in [0, 0.05) is 49.1 Å². The van der Waals surface area contributed by atoms with Crippen molar-refractivity contribution in [3.05, 3.63) is 64.9 Å². The molecule has 166 valence electrons. The Kier molecular flexibility index (Phi) is 7.11. The first-order valence-corrected chi connectivity index (χ1v) is 11.9. The maximum atomic E-state index is 12.8. The van der Waals surface area contributed by atoms with Gasteiger partial charge in [-0.05, 0) is 52.3 Å². The lowest BCUT2D eigenvalue weighted by molar-refractivity contribution is -0.113. The van der Waals surface area contributed by atoms with Crippen molar-refractivity contribution >= 4 is 50.9 Å². The number of halogens is 1. The molecule has 3 aromatic rings. The van der Waals surface area contributed by atoms with Gasteiger partial charge >= 0.3 is 0 Å². The molecule has 1 saturated heterocycles. The van der Waals surface area contributed by atoms with Gasteiger partial charge < -0.3 is 19.7 Å². The second kappa shape index (κ2) is 10.2. The predicted molar refractivity (Wildman–Crippen MR) is 129 cm³/mol. The average molecular weight is 515 g/mol. The molecule has 0 radical (unpaired) electrons. The molecule has 8 nitrogen and oxygen atoms in total. The van der Waals surface area contributed by atoms with Gasteiger partial charge in [-0.1, -0.05) is 23.9 Å². The molecule has 4 rings (SSSR count). The zero-order chi connectivity index (χ0) is 22.5. The lowest BCUT2D eigenvalue weighted by Crippen LogP contribution is -2.48. The fourth-order valence-electron chi connectivity index (χ4n) is 3.46. The molecule has 0 atom stereocenters. The molecular weight excluding hydrogens is 492 g/mol. The summed E-state index contributed by atoms with van der Waals surface area (Å²) in [5.41, 5.74) is 2.52. The molecule has 2 amide bonds. The van der Waals surface area contributed by atoms with E-state index in [1.807, 2.05) is 60.5 Å². The molecule has 1 N–H and O–H groups in total. The Morgan fingerprint density at radius 2 is 1.78 bits per heavy atom. The van der Waals surface area contributed by atoms with E-state index in [-0.39, 0.29) is 17.6 Å². The van der Waals surface area contributed by atoms with Gasteiger partial charge in [0.25, 0.3) is 5.91 Å². The molecule has 10 heteroatoms. The van der Waals surface area contributed by atoms with E-state index in [0.29, 0.717) is 23.8 Å². The number of carbonyl (C=O) groups is 2. The molecule has 0 aliphatic carbocycles. The van der Waals surface area contributed by atoms with Gasteiger partial charge in [-0.25, -0.2) is 0 Å². The number of nitrogens with one attached hydrogen (secondary N) is 1. The highest BCUT2D eigenvalue weighted by Crippen LogP contribution is 2.22. The van der Waals surface area contributed by atoms with Crippen LogP contribution in [0.2, 0.25) is 0 Å². The van der Waals surface area contributed by atoms with Gasteiger partial charge in [0.05, 0.1) is 11.3 Å². The highest BCUT2D eigenvalue weighted by molar-refractivity contribution is 9.10. The summed E-state index contributed by atoms with van der Waals surface area (Å²) in [6.07, 6.45) is 1.61. The molecule has 0 bridgehead atoms. The van der Waals surface area contributed by atoms with Gasteiger partial charge in [0.2, 0.25) is 5.91 Å². The number of hydrogen-bond acceptors (Lipinski definition) is 6. The smallest absolute Gasteiger partial charge is 0.255 e. The monoisotopic (exact) mass is 514 g/mol. The minimum atomic E-state index is -0.0926. The van der Waals surface area contributed by atoms with E-state index in [9.17, 15) is 9.59 Å². The van der Waals surface area contributed by atoms with Gasteiger partial charge in [-0.3, -0.25) is 9.59 Å². The summed E-state index contributed by atoms with van der Waals surface area (Å²) in [7, 11) is 1.84. The van der Waals surface area contributed by atoms with Crippen LogP contribution in [0.3, 0.4) is 0 Å². The number of nitrogens with zero attached hydrogens (tertiary/aromatic N) is 5. The first-order valence-electron chi connectivity index (χ1n) is 10.2. The molecule has 0 saturated carbocycles. The molecule has 0 unspecified atom stereocenters. The quantitative estimate of drug-likeness (QED) is 0.508. The van der Waals surface area contributed by atoms with Crippen molar-refractivity contribution in [3.8, 4) is 0 Å². The third kappa shape index (κ3) is 5.31. The number of rotatable bonds is 6. The molecule has 1 aliphatic rings. The number of benzene rings is 2. The maximum Gasteiger partial charge on any atom is 0.255 e. The minimum absolute atomic E-state index is 0.0504. The van der Waals surface area contributed by atoms with Crippen LogP contribution in [-0.4, -0.2) is 63.4 Å². The molecule has 0 spiro atoms. The molecule has 1 aromatic heterocycles. The van der Waals surface area contributed by atoms with E-state index in [1.165, 1.54) is 11.8 Å². The zero-order valence-corrected chi connectivity index (χ0v) is 20.0. The summed E-state index contributed by atoms with van der Waals surface area (Å²) in [5.74, 6) is 0.223. The van der Waals surface area contributed by atoms with Crippen LogP contribution in [0.1, 0.15) is 10.4 Å². The minimum Gasteiger partial charge on any atom is -0.368 e. The first-order chi connectivity index (χ1) is 15.5. The number of hydrogen-bond donors (Lipinski definition) is 1. The topological polar surface area (TPSA) is 83.4 Å². The van der Waals surface area contributed by atoms with Gasteiger partial charge in [0.15, 0.2) is 5.16 Å². The number of thioether (sulfide) groups is 1. The SMILES string of the molecule is Cn1cnnc1SCC(=O)Nc1ccc(N2CCN(C(=O)c3ccccc3Br)CC2)cc1. The van der Waals surface area contributed by atoms with E-state index in [0.717, 1.165) is 28.9 Å². The number of amides is 2. The van der Waals surface area contributed by atoms with Gasteiger partial charge in [0.1, 0.15) is 6.33 Å². The van der Waals surface area contributed by atoms with Crippen LogP contribution in [0.25, 0.3) is 0 Å². The largest absolute Gasteiger partial charge is 0.368 e. The van der Waals surface area contributed by atoms with E-state index < -0.39 is 0 Å². The standard InChI is InChI=1S/C22H23BrN6O2S/c1-27-15-24-26-22(27)32-14-20(30)25-16-6-8-17(9-7-16)28-10-12-29(13-11-28)21(31)18-4-2-3-5-19(18)23/h2-9,15H,10-14H2,1H3,(H,25,30). The van der Waals surface area contributed by atoms with Gasteiger partial charge in [-0.15, -0.1) is 10.2 Å². The Bertz CT molecular complexity index is 1100. The summed E-state index contributed by atoms with van der Waals surface area (Å²) in [4.78, 5) is 29.1. The fourth-order valence-corrected chi connectivity index (χ4v) is 4.60. The summed E-state index contributed by atoms with van der Waals surface area (Å²) in [5, 5.41) is 11.4. The zero-order valence-electron chi connectivity index (χ0n) is 17.6. The van der Waals surface area contributed by atoms with Crippen LogP contribution in [-0.2, 0) is 11.8 Å². The Labute approximate surface area is 199 Å². The highest BCUT2D eigenvalue weighted by atomic mass is 79.9. The first kappa shape index (κ1) is 22.3. The second-order valence-corrected chi connectivity index (χ2v) is 9.16. The van der Waals surface area contributed by atoms with Crippen molar-refractivity contribution in [2.24, 2.45) is 7.05 Å². The van der Waals surface area contributed by atoms with E-state index >= 15 is 0 Å². The van der Waals surface area contributed by atoms with Crippen LogP contribution < -0.4 is 10.2 Å². The number of aryl methyl sites for hydroxylation is 1. The fraction of sp³-hybridized carbons (Fsp3) is 0.273. The van der Waals surface area contributed by atoms with Crippen molar-refractivity contribution in [1.82, 2.24) is 19.7 Å². The normalized spacial score (nSPS) is 13.8. The Morgan fingerprint density at radius 1 is 1.06 bits per heavy atom. The van der Waals surface area contributed by atoms with Crippen molar-refractivity contribution in [2.45, 2.75) is 5.16 Å². The van der Waals surface area contributed by atoms with Crippen LogP contribution >= 0.6 is 27.7 Å². The van der Waals surface area contributed by atoms with Crippen LogP contribution in [0.4, 0.5) is 11.4 Å². The molecule has 2 aromatic carbocycles. The second-order valence-electron chi connectivity index (χ2n) is 7.37. The summed E-state index contributed by atoms with van der Waals surface area (Å²) >= 11 is 4.81. The van der Waals surface area contributed by atoms with Crippen molar-refractivity contribution in [1.29, 1.82) is 0 Å². The van der Waals surface area contributed by atoms with E-state index in [1.54, 1.807) is 10.9 Å². The van der Waals surface area contributed by atoms with E-state index in [4.69, 9.17) is 0 Å². The van der Waals surface area contributed by atoms with Crippen LogP contribution in [0, 0.1) is 0 Å². The molecule has 1 aliphatic heterocycles. The van der Waals surface area contributed by atoms with Crippen molar-refractivity contribution < 1.29 is 9.59 Å². The van der Waals surface area contributed by atoms with Crippen molar-refractivity contribution in [2.75, 3.05) is 42.1 Å². The third-order valence-corrected chi connectivity index (χ3v) is 6.92. The van der Waals surface area contributed by atoms with Crippen LogP contribution in [0.15, 0.2) is 64.5 Å². The number of carbonyl (C=O) groups excluding carboxylic acids is 2. The number of aromatic nitrogens is 3. The summed E-state index contributed by atoms with van der Waals surface area (Å²) in [6, 6.07) is 15.3. The van der Waals surface area contributed by atoms with Crippen molar-refractivity contribution in [3.63, 3.8) is 0 Å². The molecule has 1 fully saturated rings. The number of anilines is 2. The van der Waals surface area contributed by atoms with E-state index in [2.05, 4.69) is 36.3 Å². The third-order valence-electron chi connectivity index (χ3n) is 5.19. The predicted octanol–water partition coefficient (Wildman–Crippen LogP) is 3.27. The lowest BCUT2D eigenvalue weighted by Gasteiger charge is -2.36. The molecule has 32 heavy (non-hydrogen) atoms. The summed E-state index contributed by atoms with van der Waals surface area (Å²) < 4.78 is 2.60. The van der Waals surface area contributed by atoms with Gasteiger partial charge in [-0.2, -0.15) is 0 Å². The Hall–Kier alpha value is -2.85. The maximum absolute atomic E-state index is 12.8. The Balaban J connectivity index is 1.27. The average Bonchev–Trinajstić information content (AvgIpc) is 3.23.